The number of ether oxygens (including phenoxy) is 1. The van der Waals surface area contributed by atoms with Gasteiger partial charge in [0.15, 0.2) is 12.6 Å². The van der Waals surface area contributed by atoms with E-state index in [1.165, 1.54) is 0 Å². The van der Waals surface area contributed by atoms with E-state index in [2.05, 4.69) is 0 Å². The molecule has 14 heavy (non-hydrogen) atoms. The molecule has 1 aromatic carbocycles. The van der Waals surface area contributed by atoms with Crippen LogP contribution in [0.1, 0.15) is 33.2 Å². The molecular formula is C11H12O3. The molecule has 3 nitrogen and oxygen atoms in total. The Balaban J connectivity index is 3.31. The van der Waals surface area contributed by atoms with Crippen LogP contribution < -0.4 is 4.74 Å². The lowest BCUT2D eigenvalue weighted by Gasteiger charge is -2.09. The van der Waals surface area contributed by atoms with Gasteiger partial charge >= 0.3 is 0 Å². The predicted molar refractivity (Wildman–Crippen MR) is 53.1 cm³/mol. The van der Waals surface area contributed by atoms with E-state index in [1.807, 2.05) is 13.8 Å². The van der Waals surface area contributed by atoms with E-state index in [9.17, 15) is 9.59 Å². The molecule has 0 fully saturated rings. The molecule has 74 valence electrons. The smallest absolute Gasteiger partial charge is 0.153 e. The first kappa shape index (κ1) is 10.4. The molecule has 0 aliphatic heterocycles. The minimum atomic E-state index is 0.378. The Hall–Kier alpha value is -1.64. The van der Waals surface area contributed by atoms with Crippen LogP contribution in [0.5, 0.6) is 5.75 Å². The Labute approximate surface area is 82.7 Å². The lowest BCUT2D eigenvalue weighted by Crippen LogP contribution is -2.00. The van der Waals surface area contributed by atoms with E-state index >= 15 is 0 Å². The standard InChI is InChI=1S/C11H12O3/c1-3-14-11-9(6-12)4-8(2)5-10(11)7-13/h4-7H,3H2,1-2H3. The molecule has 1 aromatic rings. The van der Waals surface area contributed by atoms with Crippen LogP contribution in [0.25, 0.3) is 0 Å². The summed E-state index contributed by atoms with van der Waals surface area (Å²) < 4.78 is 5.24. The van der Waals surface area contributed by atoms with E-state index in [1.54, 1.807) is 12.1 Å². The molecule has 0 atom stereocenters. The molecule has 0 saturated heterocycles. The highest BCUT2D eigenvalue weighted by Crippen LogP contribution is 2.23. The van der Waals surface area contributed by atoms with Gasteiger partial charge in [-0.25, -0.2) is 0 Å². The number of hydrogen-bond acceptors (Lipinski definition) is 3. The second-order valence-corrected chi connectivity index (χ2v) is 2.94. The number of carbonyl (C=O) groups is 2. The molecule has 0 aromatic heterocycles. The Bertz CT molecular complexity index is 327. The second-order valence-electron chi connectivity index (χ2n) is 2.94. The summed E-state index contributed by atoms with van der Waals surface area (Å²) in [6.45, 7) is 4.07. The fourth-order valence-electron chi connectivity index (χ4n) is 1.32. The van der Waals surface area contributed by atoms with Gasteiger partial charge in [0.25, 0.3) is 0 Å². The van der Waals surface area contributed by atoms with Gasteiger partial charge in [-0.1, -0.05) is 0 Å². The molecule has 0 saturated carbocycles. The maximum atomic E-state index is 10.7. The van der Waals surface area contributed by atoms with E-state index in [4.69, 9.17) is 4.74 Å². The summed E-state index contributed by atoms with van der Waals surface area (Å²) in [6, 6.07) is 3.40. The third-order valence-electron chi connectivity index (χ3n) is 1.83. The van der Waals surface area contributed by atoms with Crippen molar-refractivity contribution in [2.24, 2.45) is 0 Å². The van der Waals surface area contributed by atoms with E-state index in [0.29, 0.717) is 36.1 Å². The van der Waals surface area contributed by atoms with Gasteiger partial charge in [-0.3, -0.25) is 9.59 Å². The van der Waals surface area contributed by atoms with Gasteiger partial charge in [0.2, 0.25) is 0 Å². The summed E-state index contributed by atoms with van der Waals surface area (Å²) in [5.74, 6) is 0.378. The fraction of sp³-hybridized carbons (Fsp3) is 0.273. The summed E-state index contributed by atoms with van der Waals surface area (Å²) in [6.07, 6.45) is 1.40. The Morgan fingerprint density at radius 3 is 2.07 bits per heavy atom. The van der Waals surface area contributed by atoms with Crippen molar-refractivity contribution in [3.63, 3.8) is 0 Å². The normalized spacial score (nSPS) is 9.57. The Morgan fingerprint density at radius 1 is 1.21 bits per heavy atom. The van der Waals surface area contributed by atoms with Crippen LogP contribution in [-0.4, -0.2) is 19.2 Å². The number of benzene rings is 1. The Morgan fingerprint density at radius 2 is 1.71 bits per heavy atom. The first-order chi connectivity index (χ1) is 6.72. The fourth-order valence-corrected chi connectivity index (χ4v) is 1.32. The molecule has 0 N–H and O–H groups in total. The first-order valence-corrected chi connectivity index (χ1v) is 4.40. The molecule has 1 rings (SSSR count). The monoisotopic (exact) mass is 192 g/mol. The van der Waals surface area contributed by atoms with Crippen LogP contribution in [0.4, 0.5) is 0 Å². The molecule has 0 aliphatic carbocycles. The van der Waals surface area contributed by atoms with Crippen LogP contribution in [0.15, 0.2) is 12.1 Å². The zero-order chi connectivity index (χ0) is 10.6. The van der Waals surface area contributed by atoms with Crippen molar-refractivity contribution >= 4 is 12.6 Å². The number of aryl methyl sites for hydroxylation is 1. The molecule has 0 spiro atoms. The van der Waals surface area contributed by atoms with Gasteiger partial charge in [-0.05, 0) is 31.5 Å². The summed E-state index contributed by atoms with van der Waals surface area (Å²) in [4.78, 5) is 21.5. The zero-order valence-corrected chi connectivity index (χ0v) is 8.24. The summed E-state index contributed by atoms with van der Waals surface area (Å²) >= 11 is 0. The van der Waals surface area contributed by atoms with Gasteiger partial charge in [-0.2, -0.15) is 0 Å². The summed E-state index contributed by atoms with van der Waals surface area (Å²) in [5, 5.41) is 0. The average molecular weight is 192 g/mol. The van der Waals surface area contributed by atoms with Crippen molar-refractivity contribution in [2.45, 2.75) is 13.8 Å². The lowest BCUT2D eigenvalue weighted by atomic mass is 10.1. The summed E-state index contributed by atoms with van der Waals surface area (Å²) in [7, 11) is 0. The molecule has 3 heteroatoms. The number of hydrogen-bond donors (Lipinski definition) is 0. The highest BCUT2D eigenvalue weighted by Gasteiger charge is 2.09. The van der Waals surface area contributed by atoms with Crippen LogP contribution in [0.2, 0.25) is 0 Å². The number of aldehydes is 2. The van der Waals surface area contributed by atoms with Crippen LogP contribution >= 0.6 is 0 Å². The van der Waals surface area contributed by atoms with Crippen molar-refractivity contribution in [1.82, 2.24) is 0 Å². The average Bonchev–Trinajstić information content (AvgIpc) is 2.20. The van der Waals surface area contributed by atoms with Crippen molar-refractivity contribution in [1.29, 1.82) is 0 Å². The number of carbonyl (C=O) groups excluding carboxylic acids is 2. The minimum absolute atomic E-state index is 0.378. The predicted octanol–water partition coefficient (Wildman–Crippen LogP) is 2.02. The number of rotatable bonds is 4. The van der Waals surface area contributed by atoms with Crippen molar-refractivity contribution in [2.75, 3.05) is 6.61 Å². The van der Waals surface area contributed by atoms with Crippen molar-refractivity contribution in [3.05, 3.63) is 28.8 Å². The molecule has 0 bridgehead atoms. The quantitative estimate of drug-likeness (QED) is 0.685. The van der Waals surface area contributed by atoms with Gasteiger partial charge in [0, 0.05) is 0 Å². The molecule has 0 aliphatic rings. The highest BCUT2D eigenvalue weighted by atomic mass is 16.5. The minimum Gasteiger partial charge on any atom is -0.492 e. The van der Waals surface area contributed by atoms with Crippen molar-refractivity contribution < 1.29 is 14.3 Å². The Kier molecular flexibility index (Phi) is 3.40. The topological polar surface area (TPSA) is 43.4 Å². The highest BCUT2D eigenvalue weighted by molar-refractivity contribution is 5.88. The zero-order valence-electron chi connectivity index (χ0n) is 8.24. The SMILES string of the molecule is CCOc1c(C=O)cc(C)cc1C=O. The first-order valence-electron chi connectivity index (χ1n) is 4.40. The van der Waals surface area contributed by atoms with Gasteiger partial charge in [-0.15, -0.1) is 0 Å². The second kappa shape index (κ2) is 4.56. The van der Waals surface area contributed by atoms with E-state index < -0.39 is 0 Å². The van der Waals surface area contributed by atoms with Crippen LogP contribution in [-0.2, 0) is 0 Å². The summed E-state index contributed by atoms with van der Waals surface area (Å²) in [5.41, 5.74) is 1.72. The maximum absolute atomic E-state index is 10.7. The van der Waals surface area contributed by atoms with Gasteiger partial charge in [0.1, 0.15) is 5.75 Å². The molecule has 0 amide bonds. The van der Waals surface area contributed by atoms with Gasteiger partial charge < -0.3 is 4.74 Å². The van der Waals surface area contributed by atoms with E-state index in [0.717, 1.165) is 5.56 Å². The molecule has 0 heterocycles. The van der Waals surface area contributed by atoms with Crippen molar-refractivity contribution in [3.8, 4) is 5.75 Å². The van der Waals surface area contributed by atoms with Crippen LogP contribution in [0.3, 0.4) is 0 Å². The molecule has 0 unspecified atom stereocenters. The van der Waals surface area contributed by atoms with Crippen LogP contribution in [0, 0.1) is 6.92 Å². The maximum Gasteiger partial charge on any atom is 0.153 e. The largest absolute Gasteiger partial charge is 0.492 e. The lowest BCUT2D eigenvalue weighted by molar-refractivity contribution is 0.111. The third-order valence-corrected chi connectivity index (χ3v) is 1.83. The van der Waals surface area contributed by atoms with E-state index in [-0.39, 0.29) is 0 Å². The molecule has 0 radical (unpaired) electrons. The molecular weight excluding hydrogens is 180 g/mol. The van der Waals surface area contributed by atoms with Gasteiger partial charge in [0.05, 0.1) is 17.7 Å². The third kappa shape index (κ3) is 1.99.